The first-order chi connectivity index (χ1) is 16.1. The highest BCUT2D eigenvalue weighted by Crippen LogP contribution is 2.30. The molecule has 1 aromatic heterocycles. The van der Waals surface area contributed by atoms with Crippen molar-refractivity contribution in [2.75, 3.05) is 26.8 Å². The van der Waals surface area contributed by atoms with Gasteiger partial charge in [-0.3, -0.25) is 14.6 Å². The fourth-order valence-electron chi connectivity index (χ4n) is 4.52. The summed E-state index contributed by atoms with van der Waals surface area (Å²) >= 11 is 0. The number of aryl methyl sites for hydroxylation is 1. The van der Waals surface area contributed by atoms with Crippen molar-refractivity contribution in [1.29, 1.82) is 0 Å². The zero-order valence-electron chi connectivity index (χ0n) is 19.1. The lowest BCUT2D eigenvalue weighted by atomic mass is 9.90. The maximum Gasteiger partial charge on any atom is 0.255 e. The number of nitrogens with zero attached hydrogens (tertiary/aromatic N) is 3. The predicted molar refractivity (Wildman–Crippen MR) is 128 cm³/mol. The van der Waals surface area contributed by atoms with Crippen LogP contribution in [0.4, 0.5) is 0 Å². The summed E-state index contributed by atoms with van der Waals surface area (Å²) in [7, 11) is 1.64. The number of aromatic nitrogens is 1. The molecule has 3 aromatic rings. The molecule has 2 atom stereocenters. The average Bonchev–Trinajstić information content (AvgIpc) is 2.83. The van der Waals surface area contributed by atoms with Gasteiger partial charge in [0.05, 0.1) is 24.3 Å². The topological polar surface area (TPSA) is 62.7 Å². The number of carbonyl (C=O) groups is 2. The zero-order valence-corrected chi connectivity index (χ0v) is 19.1. The third-order valence-electron chi connectivity index (χ3n) is 6.16. The van der Waals surface area contributed by atoms with E-state index in [1.807, 2.05) is 11.0 Å². The highest BCUT2D eigenvalue weighted by molar-refractivity contribution is 5.97. The molecule has 2 amide bonds. The minimum absolute atomic E-state index is 0.00629. The maximum absolute atomic E-state index is 12.3. The van der Waals surface area contributed by atoms with Gasteiger partial charge in [0.25, 0.3) is 5.91 Å². The smallest absolute Gasteiger partial charge is 0.255 e. The van der Waals surface area contributed by atoms with E-state index in [0.29, 0.717) is 18.7 Å². The summed E-state index contributed by atoms with van der Waals surface area (Å²) < 4.78 is 5.10. The van der Waals surface area contributed by atoms with Crippen LogP contribution in [0, 0.1) is 6.92 Å². The summed E-state index contributed by atoms with van der Waals surface area (Å²) in [5, 5.41) is 0. The first-order valence-electron chi connectivity index (χ1n) is 11.2. The van der Waals surface area contributed by atoms with Crippen molar-refractivity contribution >= 4 is 11.8 Å². The van der Waals surface area contributed by atoms with Gasteiger partial charge in [-0.1, -0.05) is 54.6 Å². The largest absolute Gasteiger partial charge is 0.383 e. The van der Waals surface area contributed by atoms with Gasteiger partial charge in [0.2, 0.25) is 5.91 Å². The van der Waals surface area contributed by atoms with Gasteiger partial charge in [-0.2, -0.15) is 0 Å². The van der Waals surface area contributed by atoms with Crippen LogP contribution in [0.5, 0.6) is 0 Å². The number of amides is 2. The van der Waals surface area contributed by atoms with E-state index in [0.717, 1.165) is 6.42 Å². The Labute approximate surface area is 194 Å². The number of benzene rings is 2. The number of hydrogen-bond acceptors (Lipinski definition) is 4. The van der Waals surface area contributed by atoms with Crippen LogP contribution in [0.15, 0.2) is 79.1 Å². The molecule has 5 rings (SSSR count). The van der Waals surface area contributed by atoms with Crippen LogP contribution in [-0.2, 0) is 9.53 Å². The lowest BCUT2D eigenvalue weighted by Crippen LogP contribution is -2.69. The van der Waals surface area contributed by atoms with E-state index in [4.69, 9.17) is 4.74 Å². The van der Waals surface area contributed by atoms with Crippen LogP contribution in [0.25, 0.3) is 11.1 Å². The number of methoxy groups -OCH3 is 1. The molecule has 0 bridgehead atoms. The number of carbonyl (C=O) groups excluding carboxylic acids is 2. The van der Waals surface area contributed by atoms with E-state index in [-0.39, 0.29) is 30.4 Å². The molecule has 2 aliphatic heterocycles. The fraction of sp³-hybridized carbons (Fsp3) is 0.296. The van der Waals surface area contributed by atoms with Gasteiger partial charge in [0.1, 0.15) is 6.54 Å². The molecule has 0 radical (unpaired) electrons. The van der Waals surface area contributed by atoms with E-state index in [2.05, 4.69) is 60.4 Å². The number of fused-ring (bicyclic) bond motifs is 1. The molecule has 33 heavy (non-hydrogen) atoms. The van der Waals surface area contributed by atoms with E-state index in [1.165, 1.54) is 22.9 Å². The number of piperazine rings is 1. The molecule has 0 N–H and O–H groups in total. The van der Waals surface area contributed by atoms with Gasteiger partial charge in [-0.15, -0.1) is 0 Å². The van der Waals surface area contributed by atoms with Crippen LogP contribution < -0.4 is 0 Å². The van der Waals surface area contributed by atoms with Crippen molar-refractivity contribution in [2.24, 2.45) is 0 Å². The van der Waals surface area contributed by atoms with Crippen LogP contribution in [-0.4, -0.2) is 65.5 Å². The number of rotatable bonds is 4. The fourth-order valence-corrected chi connectivity index (χ4v) is 4.52. The standard InChI is InChI=1S/C14H17N3O3.C13H12/c1-20-9-12-5-11-7-16(8-13(18)17(11)12)14(19)10-3-2-4-15-6-10;1-11-7-5-6-10-13(11)12-8-3-2-4-9-12/h2-4,6,11-12H,5,7-9H2,1H3;2-10H,1H3. The molecule has 0 saturated carbocycles. The van der Waals surface area contributed by atoms with Gasteiger partial charge < -0.3 is 14.5 Å². The predicted octanol–water partition coefficient (Wildman–Crippen LogP) is 3.82. The van der Waals surface area contributed by atoms with Crippen molar-refractivity contribution < 1.29 is 14.3 Å². The van der Waals surface area contributed by atoms with Gasteiger partial charge in [0, 0.05) is 26.0 Å². The van der Waals surface area contributed by atoms with Gasteiger partial charge >= 0.3 is 0 Å². The summed E-state index contributed by atoms with van der Waals surface area (Å²) in [5.74, 6) is -0.118. The minimum Gasteiger partial charge on any atom is -0.383 e. The second kappa shape index (κ2) is 10.4. The van der Waals surface area contributed by atoms with Crippen molar-refractivity contribution in [3.05, 3.63) is 90.3 Å². The van der Waals surface area contributed by atoms with Crippen LogP contribution in [0.3, 0.4) is 0 Å². The molecule has 170 valence electrons. The van der Waals surface area contributed by atoms with Crippen LogP contribution in [0.1, 0.15) is 22.3 Å². The summed E-state index contributed by atoms with van der Waals surface area (Å²) in [6, 6.07) is 22.7. The Bertz CT molecular complexity index is 1090. The molecular formula is C27H29N3O3. The average molecular weight is 444 g/mol. The Morgan fingerprint density at radius 1 is 1.06 bits per heavy atom. The molecule has 3 heterocycles. The minimum atomic E-state index is -0.124. The van der Waals surface area contributed by atoms with E-state index in [1.54, 1.807) is 30.3 Å². The van der Waals surface area contributed by atoms with Gasteiger partial charge in [-0.25, -0.2) is 0 Å². The Morgan fingerprint density at radius 2 is 1.82 bits per heavy atom. The Kier molecular flexibility index (Phi) is 7.15. The first-order valence-corrected chi connectivity index (χ1v) is 11.2. The quantitative estimate of drug-likeness (QED) is 0.615. The van der Waals surface area contributed by atoms with E-state index in [9.17, 15) is 9.59 Å². The summed E-state index contributed by atoms with van der Waals surface area (Å²) in [5.41, 5.74) is 4.47. The van der Waals surface area contributed by atoms with E-state index < -0.39 is 0 Å². The van der Waals surface area contributed by atoms with Crippen molar-refractivity contribution in [2.45, 2.75) is 25.4 Å². The third kappa shape index (κ3) is 5.12. The molecular weight excluding hydrogens is 414 g/mol. The van der Waals surface area contributed by atoms with Crippen molar-refractivity contribution in [1.82, 2.24) is 14.8 Å². The lowest BCUT2D eigenvalue weighted by molar-refractivity contribution is -0.156. The third-order valence-corrected chi connectivity index (χ3v) is 6.16. The molecule has 6 nitrogen and oxygen atoms in total. The SMILES string of the molecule is COCC1CC2CN(C(=O)c3cccnc3)CC(=O)N12.Cc1ccccc1-c1ccccc1. The zero-order chi connectivity index (χ0) is 23.2. The molecule has 2 saturated heterocycles. The molecule has 2 unspecified atom stereocenters. The highest BCUT2D eigenvalue weighted by atomic mass is 16.5. The number of pyridine rings is 1. The maximum atomic E-state index is 12.3. The summed E-state index contributed by atoms with van der Waals surface area (Å²) in [4.78, 5) is 31.9. The van der Waals surface area contributed by atoms with Gasteiger partial charge in [0.15, 0.2) is 0 Å². The Hall–Kier alpha value is -3.51. The first kappa shape index (κ1) is 22.7. The highest BCUT2D eigenvalue weighted by Gasteiger charge is 2.46. The second-order valence-electron chi connectivity index (χ2n) is 8.41. The van der Waals surface area contributed by atoms with Crippen LogP contribution in [0.2, 0.25) is 0 Å². The monoisotopic (exact) mass is 443 g/mol. The molecule has 6 heteroatoms. The number of ether oxygens (including phenoxy) is 1. The molecule has 2 fully saturated rings. The lowest BCUT2D eigenvalue weighted by Gasteiger charge is -2.53. The van der Waals surface area contributed by atoms with Crippen LogP contribution >= 0.6 is 0 Å². The Balaban J connectivity index is 0.000000172. The summed E-state index contributed by atoms with van der Waals surface area (Å²) in [6.07, 6.45) is 4.06. The van der Waals surface area contributed by atoms with Gasteiger partial charge in [-0.05, 0) is 42.2 Å². The number of hydrogen-bond donors (Lipinski definition) is 0. The molecule has 2 aromatic carbocycles. The van der Waals surface area contributed by atoms with Crippen molar-refractivity contribution in [3.8, 4) is 11.1 Å². The molecule has 2 aliphatic rings. The Morgan fingerprint density at radius 3 is 2.48 bits per heavy atom. The van der Waals surface area contributed by atoms with Crippen molar-refractivity contribution in [3.63, 3.8) is 0 Å². The van der Waals surface area contributed by atoms with E-state index >= 15 is 0 Å². The second-order valence-corrected chi connectivity index (χ2v) is 8.41. The molecule has 0 spiro atoms. The summed E-state index contributed by atoms with van der Waals surface area (Å²) in [6.45, 7) is 3.45. The molecule has 0 aliphatic carbocycles. The normalized spacial score (nSPS) is 19.2.